The zero-order chi connectivity index (χ0) is 26.6. The van der Waals surface area contributed by atoms with E-state index in [9.17, 15) is 9.67 Å². The molecule has 0 unspecified atom stereocenters. The number of aliphatic hydroxyl groups excluding tert-OH is 1. The van der Waals surface area contributed by atoms with Crippen molar-refractivity contribution in [2.75, 3.05) is 13.3 Å². The van der Waals surface area contributed by atoms with E-state index in [1.807, 2.05) is 78.8 Å². The molecular weight excluding hydrogens is 491 g/mol. The van der Waals surface area contributed by atoms with E-state index in [-0.39, 0.29) is 0 Å². The van der Waals surface area contributed by atoms with Crippen molar-refractivity contribution in [3.05, 3.63) is 89.7 Å². The smallest absolute Gasteiger partial charge is 0.140 e. The summed E-state index contributed by atoms with van der Waals surface area (Å²) < 4.78 is 16.7. The Balaban J connectivity index is 1.43. The van der Waals surface area contributed by atoms with E-state index < -0.39 is 13.2 Å². The van der Waals surface area contributed by atoms with Crippen molar-refractivity contribution in [1.82, 2.24) is 19.3 Å². The fraction of sp³-hybridized carbons (Fsp3) is 0.290. The Morgan fingerprint density at radius 2 is 1.79 bits per heavy atom. The van der Waals surface area contributed by atoms with Gasteiger partial charge in [-0.1, -0.05) is 54.6 Å². The molecule has 194 valence electrons. The van der Waals surface area contributed by atoms with Crippen LogP contribution in [-0.2, 0) is 18.2 Å². The summed E-state index contributed by atoms with van der Waals surface area (Å²) >= 11 is 0. The molecule has 6 rings (SSSR count). The lowest BCUT2D eigenvalue weighted by Crippen LogP contribution is -2.08. The summed E-state index contributed by atoms with van der Waals surface area (Å²) in [7, 11) is -0.227. The van der Waals surface area contributed by atoms with Gasteiger partial charge in [0.2, 0.25) is 0 Å². The Hall–Kier alpha value is -3.47. The largest absolute Gasteiger partial charge is 0.386 e. The predicted molar refractivity (Wildman–Crippen MR) is 155 cm³/mol. The minimum absolute atomic E-state index is 0.380. The standard InChI is InChI=1S/C31H33N4O2P/c1-20-17-23(38(3,4)37)15-16-24(20)31-32-29(30(34(31)2)22-13-14-22)25-11-8-12-27-26(25)18-35(33-27)19-28(36)21-9-6-5-7-10-21/h5-12,15-18,22,28,36H,13-14,19H2,1-4H3/t28-/m0/s1. The number of imidazole rings is 1. The molecule has 1 N–H and O–H groups in total. The zero-order valence-corrected chi connectivity index (χ0v) is 23.2. The van der Waals surface area contributed by atoms with E-state index in [4.69, 9.17) is 10.1 Å². The maximum atomic E-state index is 12.7. The monoisotopic (exact) mass is 524 g/mol. The van der Waals surface area contributed by atoms with E-state index in [2.05, 4.69) is 30.7 Å². The van der Waals surface area contributed by atoms with Crippen LogP contribution in [-0.4, -0.2) is 37.8 Å². The second-order valence-corrected chi connectivity index (χ2v) is 14.1. The third-order valence-electron chi connectivity index (χ3n) is 7.57. The van der Waals surface area contributed by atoms with Gasteiger partial charge in [-0.3, -0.25) is 4.68 Å². The topological polar surface area (TPSA) is 72.9 Å². The number of fused-ring (bicyclic) bond motifs is 1. The third kappa shape index (κ3) is 4.53. The summed E-state index contributed by atoms with van der Waals surface area (Å²) in [6.07, 6.45) is 3.72. The second-order valence-electron chi connectivity index (χ2n) is 10.9. The molecule has 0 spiro atoms. The summed E-state index contributed by atoms with van der Waals surface area (Å²) in [5.74, 6) is 1.42. The van der Waals surface area contributed by atoms with Crippen molar-refractivity contribution in [2.24, 2.45) is 7.05 Å². The van der Waals surface area contributed by atoms with Crippen LogP contribution in [0.4, 0.5) is 0 Å². The molecule has 6 nitrogen and oxygen atoms in total. The van der Waals surface area contributed by atoms with Crippen molar-refractivity contribution in [3.63, 3.8) is 0 Å². The van der Waals surface area contributed by atoms with Gasteiger partial charge in [0.25, 0.3) is 0 Å². The molecule has 0 saturated heterocycles. The highest BCUT2D eigenvalue weighted by Crippen LogP contribution is 2.47. The van der Waals surface area contributed by atoms with Crippen LogP contribution in [0.5, 0.6) is 0 Å². The van der Waals surface area contributed by atoms with Crippen LogP contribution in [0.15, 0.2) is 72.9 Å². The van der Waals surface area contributed by atoms with Crippen molar-refractivity contribution < 1.29 is 9.67 Å². The number of hydrogen-bond acceptors (Lipinski definition) is 4. The molecule has 1 fully saturated rings. The molecule has 3 aromatic carbocycles. The number of aryl methyl sites for hydroxylation is 1. The van der Waals surface area contributed by atoms with E-state index in [0.717, 1.165) is 62.8 Å². The average Bonchev–Trinajstić information content (AvgIpc) is 3.55. The van der Waals surface area contributed by atoms with Crippen molar-refractivity contribution in [1.29, 1.82) is 0 Å². The van der Waals surface area contributed by atoms with Crippen molar-refractivity contribution in [2.45, 2.75) is 38.3 Å². The number of nitrogens with zero attached hydrogens (tertiary/aromatic N) is 4. The number of aliphatic hydroxyl groups is 1. The first-order valence-corrected chi connectivity index (χ1v) is 15.7. The first kappa shape index (κ1) is 24.8. The lowest BCUT2D eigenvalue weighted by molar-refractivity contribution is 0.152. The maximum absolute atomic E-state index is 12.7. The summed E-state index contributed by atoms with van der Waals surface area (Å²) in [4.78, 5) is 5.24. The number of rotatable bonds is 7. The van der Waals surface area contributed by atoms with E-state index in [0.29, 0.717) is 12.5 Å². The number of benzene rings is 3. The Morgan fingerprint density at radius 1 is 1.03 bits per heavy atom. The summed E-state index contributed by atoms with van der Waals surface area (Å²) in [5.41, 5.74) is 7.22. The molecule has 2 aromatic heterocycles. The van der Waals surface area contributed by atoms with Gasteiger partial charge in [0, 0.05) is 46.7 Å². The van der Waals surface area contributed by atoms with E-state index in [1.165, 1.54) is 5.69 Å². The van der Waals surface area contributed by atoms with Gasteiger partial charge in [-0.15, -0.1) is 0 Å². The van der Waals surface area contributed by atoms with Crippen LogP contribution in [0.2, 0.25) is 0 Å². The predicted octanol–water partition coefficient (Wildman–Crippen LogP) is 6.27. The molecule has 0 radical (unpaired) electrons. The molecule has 0 aliphatic heterocycles. The number of aromatic nitrogens is 4. The van der Waals surface area contributed by atoms with Gasteiger partial charge >= 0.3 is 0 Å². The minimum atomic E-state index is -2.34. The van der Waals surface area contributed by atoms with Crippen LogP contribution >= 0.6 is 7.14 Å². The Labute approximate surface area is 223 Å². The highest BCUT2D eigenvalue weighted by Gasteiger charge is 2.33. The van der Waals surface area contributed by atoms with Crippen LogP contribution in [0.25, 0.3) is 33.5 Å². The SMILES string of the molecule is Cc1cc(P(C)(C)=O)ccc1-c1nc(-c2cccc3nn(C[C@H](O)c4ccccc4)cc23)c(C2CC2)n1C. The second kappa shape index (κ2) is 9.37. The molecule has 1 saturated carbocycles. The Kier molecular flexibility index (Phi) is 6.13. The lowest BCUT2D eigenvalue weighted by atomic mass is 10.0. The maximum Gasteiger partial charge on any atom is 0.140 e. The fourth-order valence-corrected chi connectivity index (χ4v) is 6.30. The first-order valence-electron chi connectivity index (χ1n) is 13.1. The first-order chi connectivity index (χ1) is 18.2. The van der Waals surface area contributed by atoms with Crippen LogP contribution in [0, 0.1) is 6.92 Å². The highest BCUT2D eigenvalue weighted by molar-refractivity contribution is 7.70. The van der Waals surface area contributed by atoms with Gasteiger partial charge in [0.1, 0.15) is 13.0 Å². The normalized spacial score (nSPS) is 14.8. The molecule has 1 aliphatic carbocycles. The molecule has 1 atom stereocenters. The highest BCUT2D eigenvalue weighted by atomic mass is 31.2. The molecule has 0 bridgehead atoms. The van der Waals surface area contributed by atoms with Crippen LogP contribution in [0.3, 0.4) is 0 Å². The van der Waals surface area contributed by atoms with Gasteiger partial charge in [0.15, 0.2) is 0 Å². The van der Waals surface area contributed by atoms with Gasteiger partial charge in [0.05, 0.1) is 23.9 Å². The molecule has 5 aromatic rings. The van der Waals surface area contributed by atoms with Crippen LogP contribution < -0.4 is 5.30 Å². The average molecular weight is 525 g/mol. The molecular formula is C31H33N4O2P. The van der Waals surface area contributed by atoms with Crippen molar-refractivity contribution >= 4 is 23.3 Å². The van der Waals surface area contributed by atoms with Gasteiger partial charge in [-0.25, -0.2) is 4.98 Å². The van der Waals surface area contributed by atoms with E-state index in [1.54, 1.807) is 0 Å². The molecule has 38 heavy (non-hydrogen) atoms. The van der Waals surface area contributed by atoms with Crippen molar-refractivity contribution in [3.8, 4) is 22.6 Å². The molecule has 1 aliphatic rings. The quantitative estimate of drug-likeness (QED) is 0.255. The number of hydrogen-bond donors (Lipinski definition) is 1. The van der Waals surface area contributed by atoms with Gasteiger partial charge in [-0.2, -0.15) is 5.10 Å². The molecule has 0 amide bonds. The van der Waals surface area contributed by atoms with Gasteiger partial charge in [-0.05, 0) is 56.4 Å². The summed E-state index contributed by atoms with van der Waals surface area (Å²) in [5, 5.41) is 17.5. The molecule has 2 heterocycles. The lowest BCUT2D eigenvalue weighted by Gasteiger charge is -2.12. The van der Waals surface area contributed by atoms with Crippen LogP contribution in [0.1, 0.15) is 41.7 Å². The van der Waals surface area contributed by atoms with Gasteiger partial charge < -0.3 is 14.2 Å². The summed E-state index contributed by atoms with van der Waals surface area (Å²) in [6, 6.07) is 22.0. The summed E-state index contributed by atoms with van der Waals surface area (Å²) in [6.45, 7) is 6.07. The fourth-order valence-electron chi connectivity index (χ4n) is 5.36. The van der Waals surface area contributed by atoms with E-state index >= 15 is 0 Å². The Bertz CT molecular complexity index is 1690. The third-order valence-corrected chi connectivity index (χ3v) is 9.09. The molecule has 7 heteroatoms. The Morgan fingerprint density at radius 3 is 2.47 bits per heavy atom. The zero-order valence-electron chi connectivity index (χ0n) is 22.3. The minimum Gasteiger partial charge on any atom is -0.386 e.